The van der Waals surface area contributed by atoms with Crippen LogP contribution in [0.2, 0.25) is 0 Å². The number of carbonyl (C=O) groups is 2. The van der Waals surface area contributed by atoms with Crippen LogP contribution >= 0.6 is 0 Å². The van der Waals surface area contributed by atoms with Crippen molar-refractivity contribution in [1.29, 1.82) is 0 Å². The number of hydrogen-bond acceptors (Lipinski definition) is 4. The molecule has 0 aliphatic heterocycles. The van der Waals surface area contributed by atoms with E-state index in [2.05, 4.69) is 5.32 Å². The van der Waals surface area contributed by atoms with E-state index in [1.54, 1.807) is 12.0 Å². The minimum absolute atomic E-state index is 0.131. The average molecular weight is 427 g/mol. The highest BCUT2D eigenvalue weighted by Gasteiger charge is 2.29. The average Bonchev–Trinajstić information content (AvgIpc) is 2.76. The summed E-state index contributed by atoms with van der Waals surface area (Å²) in [4.78, 5) is 27.6. The molecular weight excluding hydrogens is 392 g/mol. The molecule has 0 aliphatic rings. The molecule has 0 radical (unpaired) electrons. The highest BCUT2D eigenvalue weighted by Crippen LogP contribution is 2.17. The van der Waals surface area contributed by atoms with Gasteiger partial charge in [0.25, 0.3) is 5.91 Å². The lowest BCUT2D eigenvalue weighted by atomic mass is 10.1. The molecule has 2 rings (SSSR count). The van der Waals surface area contributed by atoms with E-state index in [1.807, 2.05) is 76.2 Å². The molecule has 168 valence electrons. The van der Waals surface area contributed by atoms with E-state index in [-0.39, 0.29) is 18.4 Å². The Morgan fingerprint density at radius 1 is 1.06 bits per heavy atom. The lowest BCUT2D eigenvalue weighted by molar-refractivity contribution is -0.143. The maximum atomic E-state index is 13.2. The first-order valence-corrected chi connectivity index (χ1v) is 10.7. The second-order valence-electron chi connectivity index (χ2n) is 8.04. The molecule has 31 heavy (non-hydrogen) atoms. The van der Waals surface area contributed by atoms with Crippen LogP contribution in [0.5, 0.6) is 11.5 Å². The van der Waals surface area contributed by atoms with Gasteiger partial charge in [0.05, 0.1) is 7.11 Å². The molecule has 0 fully saturated rings. The Morgan fingerprint density at radius 3 is 2.35 bits per heavy atom. The largest absolute Gasteiger partial charge is 0.497 e. The maximum absolute atomic E-state index is 13.2. The van der Waals surface area contributed by atoms with E-state index in [1.165, 1.54) is 0 Å². The van der Waals surface area contributed by atoms with Crippen molar-refractivity contribution in [3.8, 4) is 11.5 Å². The Hall–Kier alpha value is -3.02. The SMILES string of the molecule is CC[C@H](C(=O)NCC(C)C)N(Cc1ccc(OC)cc1)C(=O)COc1cccc(C)c1. The van der Waals surface area contributed by atoms with Gasteiger partial charge in [0.2, 0.25) is 5.91 Å². The molecule has 2 amide bonds. The summed E-state index contributed by atoms with van der Waals surface area (Å²) in [5, 5.41) is 2.96. The summed E-state index contributed by atoms with van der Waals surface area (Å²) in [5.41, 5.74) is 1.97. The first-order chi connectivity index (χ1) is 14.8. The van der Waals surface area contributed by atoms with Crippen molar-refractivity contribution in [3.05, 3.63) is 59.7 Å². The number of rotatable bonds is 11. The third kappa shape index (κ3) is 7.63. The number of nitrogens with one attached hydrogen (secondary N) is 1. The van der Waals surface area contributed by atoms with E-state index >= 15 is 0 Å². The number of hydrogen-bond donors (Lipinski definition) is 1. The molecule has 0 heterocycles. The molecule has 0 bridgehead atoms. The zero-order chi connectivity index (χ0) is 22.8. The van der Waals surface area contributed by atoms with E-state index in [9.17, 15) is 9.59 Å². The summed E-state index contributed by atoms with van der Waals surface area (Å²) in [6, 6.07) is 14.5. The summed E-state index contributed by atoms with van der Waals surface area (Å²) in [6.07, 6.45) is 0.510. The van der Waals surface area contributed by atoms with Crippen LogP contribution in [0.3, 0.4) is 0 Å². The van der Waals surface area contributed by atoms with Gasteiger partial charge in [0.15, 0.2) is 6.61 Å². The maximum Gasteiger partial charge on any atom is 0.261 e. The van der Waals surface area contributed by atoms with Crippen molar-refractivity contribution in [3.63, 3.8) is 0 Å². The first-order valence-electron chi connectivity index (χ1n) is 10.7. The molecule has 6 nitrogen and oxygen atoms in total. The molecule has 1 atom stereocenters. The Kier molecular flexibility index (Phi) is 9.38. The monoisotopic (exact) mass is 426 g/mol. The molecule has 1 N–H and O–H groups in total. The minimum atomic E-state index is -0.575. The van der Waals surface area contributed by atoms with E-state index < -0.39 is 6.04 Å². The molecule has 0 saturated heterocycles. The van der Waals surface area contributed by atoms with Gasteiger partial charge in [-0.2, -0.15) is 0 Å². The van der Waals surface area contributed by atoms with Crippen molar-refractivity contribution < 1.29 is 19.1 Å². The van der Waals surface area contributed by atoms with Crippen molar-refractivity contribution in [2.45, 2.75) is 46.7 Å². The van der Waals surface area contributed by atoms with Gasteiger partial charge in [-0.05, 0) is 54.7 Å². The van der Waals surface area contributed by atoms with Crippen LogP contribution < -0.4 is 14.8 Å². The minimum Gasteiger partial charge on any atom is -0.497 e. The smallest absolute Gasteiger partial charge is 0.261 e. The summed E-state index contributed by atoms with van der Waals surface area (Å²) in [5.74, 6) is 1.33. The van der Waals surface area contributed by atoms with Crippen molar-refractivity contribution in [2.75, 3.05) is 20.3 Å². The Balaban J connectivity index is 2.19. The summed E-state index contributed by atoms with van der Waals surface area (Å²) < 4.78 is 10.9. The Morgan fingerprint density at radius 2 is 1.77 bits per heavy atom. The van der Waals surface area contributed by atoms with Gasteiger partial charge in [-0.25, -0.2) is 0 Å². The second-order valence-corrected chi connectivity index (χ2v) is 8.04. The van der Waals surface area contributed by atoms with Crippen LogP contribution in [0.1, 0.15) is 38.3 Å². The normalized spacial score (nSPS) is 11.7. The van der Waals surface area contributed by atoms with Crippen LogP contribution in [0.25, 0.3) is 0 Å². The Bertz CT molecular complexity index is 849. The first kappa shape index (κ1) is 24.3. The molecule has 0 unspecified atom stereocenters. The molecule has 2 aromatic rings. The predicted octanol–water partition coefficient (Wildman–Crippen LogP) is 3.96. The third-order valence-electron chi connectivity index (χ3n) is 4.93. The molecular formula is C25H34N2O4. The van der Waals surface area contributed by atoms with Gasteiger partial charge in [0.1, 0.15) is 17.5 Å². The van der Waals surface area contributed by atoms with Gasteiger partial charge in [-0.15, -0.1) is 0 Å². The number of ether oxygens (including phenoxy) is 2. The summed E-state index contributed by atoms with van der Waals surface area (Å²) in [6.45, 7) is 8.71. The van der Waals surface area contributed by atoms with Gasteiger partial charge in [0, 0.05) is 13.1 Å². The van der Waals surface area contributed by atoms with Gasteiger partial charge in [-0.3, -0.25) is 9.59 Å². The van der Waals surface area contributed by atoms with E-state index in [0.717, 1.165) is 16.9 Å². The fourth-order valence-electron chi connectivity index (χ4n) is 3.20. The topological polar surface area (TPSA) is 67.9 Å². The summed E-state index contributed by atoms with van der Waals surface area (Å²) >= 11 is 0. The summed E-state index contributed by atoms with van der Waals surface area (Å²) in [7, 11) is 1.61. The predicted molar refractivity (Wildman–Crippen MR) is 122 cm³/mol. The van der Waals surface area contributed by atoms with Crippen LogP contribution in [0, 0.1) is 12.8 Å². The van der Waals surface area contributed by atoms with Crippen molar-refractivity contribution in [2.24, 2.45) is 5.92 Å². The van der Waals surface area contributed by atoms with Gasteiger partial charge in [-0.1, -0.05) is 45.0 Å². The van der Waals surface area contributed by atoms with E-state index in [0.29, 0.717) is 31.2 Å². The molecule has 0 spiro atoms. The second kappa shape index (κ2) is 12.0. The van der Waals surface area contributed by atoms with Crippen molar-refractivity contribution >= 4 is 11.8 Å². The zero-order valence-electron chi connectivity index (χ0n) is 19.2. The molecule has 2 aromatic carbocycles. The highest BCUT2D eigenvalue weighted by atomic mass is 16.5. The standard InChI is InChI=1S/C25H34N2O4/c1-6-23(25(29)26-15-18(2)3)27(16-20-10-12-21(30-5)13-11-20)24(28)17-31-22-9-7-8-19(4)14-22/h7-14,18,23H,6,15-17H2,1-5H3,(H,26,29)/t23-/m1/s1. The lowest BCUT2D eigenvalue weighted by Crippen LogP contribution is -2.50. The molecule has 0 saturated carbocycles. The number of carbonyl (C=O) groups excluding carboxylic acids is 2. The quantitative estimate of drug-likeness (QED) is 0.591. The van der Waals surface area contributed by atoms with Crippen LogP contribution in [0.15, 0.2) is 48.5 Å². The van der Waals surface area contributed by atoms with Crippen LogP contribution in [0.4, 0.5) is 0 Å². The number of amides is 2. The van der Waals surface area contributed by atoms with Crippen LogP contribution in [-0.4, -0.2) is 43.0 Å². The number of methoxy groups -OCH3 is 1. The van der Waals surface area contributed by atoms with Crippen molar-refractivity contribution in [1.82, 2.24) is 10.2 Å². The lowest BCUT2D eigenvalue weighted by Gasteiger charge is -2.31. The highest BCUT2D eigenvalue weighted by molar-refractivity contribution is 5.88. The fraction of sp³-hybridized carbons (Fsp3) is 0.440. The molecule has 0 aliphatic carbocycles. The van der Waals surface area contributed by atoms with Gasteiger partial charge >= 0.3 is 0 Å². The Labute approximate surface area is 185 Å². The molecule has 6 heteroatoms. The third-order valence-corrected chi connectivity index (χ3v) is 4.93. The van der Waals surface area contributed by atoms with Gasteiger partial charge < -0.3 is 19.7 Å². The fourth-order valence-corrected chi connectivity index (χ4v) is 3.20. The zero-order valence-corrected chi connectivity index (χ0v) is 19.2. The number of benzene rings is 2. The van der Waals surface area contributed by atoms with E-state index in [4.69, 9.17) is 9.47 Å². The number of aryl methyl sites for hydroxylation is 1. The number of nitrogens with zero attached hydrogens (tertiary/aromatic N) is 1. The van der Waals surface area contributed by atoms with Crippen LogP contribution in [-0.2, 0) is 16.1 Å². The molecule has 0 aromatic heterocycles.